The van der Waals surface area contributed by atoms with E-state index in [1.54, 1.807) is 21.3 Å². The van der Waals surface area contributed by atoms with Gasteiger partial charge in [-0.1, -0.05) is 0 Å². The van der Waals surface area contributed by atoms with Gasteiger partial charge in [0.1, 0.15) is 6.10 Å². The van der Waals surface area contributed by atoms with E-state index in [0.717, 1.165) is 6.42 Å². The molecule has 0 N–H and O–H groups in total. The smallest absolute Gasteiger partial charge is 0.160 e. The van der Waals surface area contributed by atoms with Gasteiger partial charge in [-0.05, 0) is 0 Å². The van der Waals surface area contributed by atoms with E-state index in [2.05, 4.69) is 0 Å². The van der Waals surface area contributed by atoms with Crippen LogP contribution >= 0.6 is 0 Å². The maximum atomic E-state index is 5.48. The number of hydrogen-bond acceptors (Lipinski definition) is 4. The molecule has 1 fully saturated rings. The van der Waals surface area contributed by atoms with Gasteiger partial charge in [0.2, 0.25) is 0 Å². The molecule has 0 bridgehead atoms. The molecule has 1 aliphatic rings. The van der Waals surface area contributed by atoms with Gasteiger partial charge >= 0.3 is 0 Å². The average molecular weight is 176 g/mol. The van der Waals surface area contributed by atoms with Gasteiger partial charge in [0.15, 0.2) is 6.29 Å². The summed E-state index contributed by atoms with van der Waals surface area (Å²) < 4.78 is 20.8. The van der Waals surface area contributed by atoms with Crippen LogP contribution in [0.15, 0.2) is 0 Å². The summed E-state index contributed by atoms with van der Waals surface area (Å²) in [5.74, 6) is 0. The van der Waals surface area contributed by atoms with Crippen LogP contribution in [0, 0.1) is 0 Å². The van der Waals surface area contributed by atoms with Crippen molar-refractivity contribution >= 4 is 0 Å². The van der Waals surface area contributed by atoms with Gasteiger partial charge in [-0.25, -0.2) is 0 Å². The molecule has 3 atom stereocenters. The van der Waals surface area contributed by atoms with Crippen LogP contribution in [-0.2, 0) is 18.9 Å². The average Bonchev–Trinajstić information content (AvgIpc) is 2.48. The van der Waals surface area contributed by atoms with E-state index in [-0.39, 0.29) is 18.5 Å². The minimum absolute atomic E-state index is 0.00458. The van der Waals surface area contributed by atoms with E-state index in [4.69, 9.17) is 18.9 Å². The summed E-state index contributed by atoms with van der Waals surface area (Å²) in [7, 11) is 4.96. The fraction of sp³-hybridized carbons (Fsp3) is 1.00. The second kappa shape index (κ2) is 4.77. The standard InChI is InChI=1S/C8H16O4/c1-9-5-7-6(10-2)4-8(11-3)12-7/h6-8H,4-5H2,1-3H3/t6-,7+,8-/m0/s1. The zero-order valence-electron chi connectivity index (χ0n) is 7.78. The largest absolute Gasteiger partial charge is 0.382 e. The molecule has 0 aromatic rings. The summed E-state index contributed by atoms with van der Waals surface area (Å²) in [5, 5.41) is 0. The predicted octanol–water partition coefficient (Wildman–Crippen LogP) is 0.409. The molecule has 0 spiro atoms. The van der Waals surface area contributed by atoms with E-state index >= 15 is 0 Å². The Morgan fingerprint density at radius 3 is 2.50 bits per heavy atom. The maximum absolute atomic E-state index is 5.48. The highest BCUT2D eigenvalue weighted by Gasteiger charge is 2.35. The van der Waals surface area contributed by atoms with Crippen molar-refractivity contribution in [2.45, 2.75) is 24.9 Å². The third kappa shape index (κ3) is 2.17. The minimum Gasteiger partial charge on any atom is -0.382 e. The first-order valence-electron chi connectivity index (χ1n) is 4.01. The van der Waals surface area contributed by atoms with Crippen molar-refractivity contribution in [3.8, 4) is 0 Å². The van der Waals surface area contributed by atoms with Gasteiger partial charge in [0.25, 0.3) is 0 Å². The van der Waals surface area contributed by atoms with E-state index in [0.29, 0.717) is 6.61 Å². The number of hydrogen-bond donors (Lipinski definition) is 0. The quantitative estimate of drug-likeness (QED) is 0.621. The van der Waals surface area contributed by atoms with Gasteiger partial charge in [-0.2, -0.15) is 0 Å². The summed E-state index contributed by atoms with van der Waals surface area (Å²) in [6, 6.07) is 0. The maximum Gasteiger partial charge on any atom is 0.160 e. The zero-order valence-corrected chi connectivity index (χ0v) is 7.78. The normalized spacial score (nSPS) is 35.8. The van der Waals surface area contributed by atoms with Gasteiger partial charge in [-0.3, -0.25) is 0 Å². The Hall–Kier alpha value is -0.160. The molecule has 1 aliphatic heterocycles. The van der Waals surface area contributed by atoms with Crippen molar-refractivity contribution in [1.82, 2.24) is 0 Å². The first-order valence-corrected chi connectivity index (χ1v) is 4.01. The van der Waals surface area contributed by atoms with Crippen molar-refractivity contribution in [2.24, 2.45) is 0 Å². The lowest BCUT2D eigenvalue weighted by molar-refractivity contribution is -0.131. The van der Waals surface area contributed by atoms with E-state index < -0.39 is 0 Å². The lowest BCUT2D eigenvalue weighted by Gasteiger charge is -2.15. The van der Waals surface area contributed by atoms with Gasteiger partial charge in [0.05, 0.1) is 12.7 Å². The van der Waals surface area contributed by atoms with Crippen LogP contribution in [0.1, 0.15) is 6.42 Å². The first kappa shape index (κ1) is 9.92. The Balaban J connectivity index is 2.39. The summed E-state index contributed by atoms with van der Waals surface area (Å²) in [6.07, 6.45) is 0.732. The molecule has 72 valence electrons. The molecule has 4 nitrogen and oxygen atoms in total. The van der Waals surface area contributed by atoms with Crippen LogP contribution in [0.4, 0.5) is 0 Å². The fourth-order valence-electron chi connectivity index (χ4n) is 1.39. The summed E-state index contributed by atoms with van der Waals surface area (Å²) >= 11 is 0. The Morgan fingerprint density at radius 1 is 1.25 bits per heavy atom. The van der Waals surface area contributed by atoms with Crippen molar-refractivity contribution < 1.29 is 18.9 Å². The van der Waals surface area contributed by atoms with Crippen molar-refractivity contribution in [1.29, 1.82) is 0 Å². The molecule has 1 saturated heterocycles. The van der Waals surface area contributed by atoms with Crippen molar-refractivity contribution in [3.05, 3.63) is 0 Å². The molecular weight excluding hydrogens is 160 g/mol. The highest BCUT2D eigenvalue weighted by atomic mass is 16.7. The molecule has 0 aromatic carbocycles. The SMILES string of the molecule is COC[C@H]1O[C@H](OC)C[C@@H]1OC. The molecule has 0 unspecified atom stereocenters. The third-order valence-corrected chi connectivity index (χ3v) is 2.06. The van der Waals surface area contributed by atoms with E-state index in [9.17, 15) is 0 Å². The Bertz CT molecular complexity index is 128. The lowest BCUT2D eigenvalue weighted by atomic mass is 10.2. The molecule has 0 aliphatic carbocycles. The van der Waals surface area contributed by atoms with Crippen LogP contribution in [0.5, 0.6) is 0 Å². The summed E-state index contributed by atoms with van der Waals surface area (Å²) in [4.78, 5) is 0. The number of ether oxygens (including phenoxy) is 4. The molecule has 1 heterocycles. The van der Waals surface area contributed by atoms with Crippen LogP contribution < -0.4 is 0 Å². The monoisotopic (exact) mass is 176 g/mol. The van der Waals surface area contributed by atoms with Crippen LogP contribution in [-0.4, -0.2) is 46.4 Å². The predicted molar refractivity (Wildman–Crippen MR) is 43.0 cm³/mol. The summed E-state index contributed by atoms with van der Waals surface area (Å²) in [6.45, 7) is 0.554. The fourth-order valence-corrected chi connectivity index (χ4v) is 1.39. The van der Waals surface area contributed by atoms with Crippen molar-refractivity contribution in [2.75, 3.05) is 27.9 Å². The number of rotatable bonds is 4. The van der Waals surface area contributed by atoms with Gasteiger partial charge < -0.3 is 18.9 Å². The molecular formula is C8H16O4. The summed E-state index contributed by atoms with van der Waals surface area (Å²) in [5.41, 5.74) is 0. The molecule has 4 heteroatoms. The third-order valence-electron chi connectivity index (χ3n) is 2.06. The highest BCUT2D eigenvalue weighted by molar-refractivity contribution is 4.78. The van der Waals surface area contributed by atoms with Crippen LogP contribution in [0.3, 0.4) is 0 Å². The molecule has 0 radical (unpaired) electrons. The molecule has 1 rings (SSSR count). The van der Waals surface area contributed by atoms with Crippen molar-refractivity contribution in [3.63, 3.8) is 0 Å². The molecule has 0 aromatic heterocycles. The second-order valence-electron chi connectivity index (χ2n) is 2.80. The topological polar surface area (TPSA) is 36.9 Å². The highest BCUT2D eigenvalue weighted by Crippen LogP contribution is 2.23. The Morgan fingerprint density at radius 2 is 2.00 bits per heavy atom. The van der Waals surface area contributed by atoms with E-state index in [1.165, 1.54) is 0 Å². The lowest BCUT2D eigenvalue weighted by Crippen LogP contribution is -2.27. The van der Waals surface area contributed by atoms with Crippen LogP contribution in [0.2, 0.25) is 0 Å². The second-order valence-corrected chi connectivity index (χ2v) is 2.80. The van der Waals surface area contributed by atoms with Gasteiger partial charge in [0, 0.05) is 27.8 Å². The molecule has 0 saturated carbocycles. The van der Waals surface area contributed by atoms with E-state index in [1.807, 2.05) is 0 Å². The van der Waals surface area contributed by atoms with Crippen LogP contribution in [0.25, 0.3) is 0 Å². The molecule has 12 heavy (non-hydrogen) atoms. The molecule has 0 amide bonds. The zero-order chi connectivity index (χ0) is 8.97. The first-order chi connectivity index (χ1) is 5.81. The Labute approximate surface area is 72.7 Å². The van der Waals surface area contributed by atoms with Gasteiger partial charge in [-0.15, -0.1) is 0 Å². The number of methoxy groups -OCH3 is 3. The minimum atomic E-state index is -0.143. The Kier molecular flexibility index (Phi) is 3.94.